The number of hydrogen-bond acceptors (Lipinski definition) is 2. The van der Waals surface area contributed by atoms with Gasteiger partial charge in [0, 0.05) is 6.04 Å². The minimum atomic E-state index is 0.401. The lowest BCUT2D eigenvalue weighted by Gasteiger charge is -2.24. The van der Waals surface area contributed by atoms with Gasteiger partial charge in [-0.2, -0.15) is 0 Å². The Hall–Kier alpha value is -0.0800. The Bertz CT molecular complexity index is 234. The Morgan fingerprint density at radius 3 is 1.81 bits per heavy atom. The van der Waals surface area contributed by atoms with Crippen LogP contribution in [0.1, 0.15) is 61.3 Å². The molecule has 16 heavy (non-hydrogen) atoms. The van der Waals surface area contributed by atoms with Crippen molar-refractivity contribution in [2.75, 3.05) is 0 Å². The predicted octanol–water partition coefficient (Wildman–Crippen LogP) is 3.33. The first-order valence-electron chi connectivity index (χ1n) is 6.50. The van der Waals surface area contributed by atoms with Gasteiger partial charge in [0.2, 0.25) is 0 Å². The minimum Gasteiger partial charge on any atom is -0.271 e. The molecule has 0 spiro atoms. The lowest BCUT2D eigenvalue weighted by atomic mass is 9.86. The molecule has 1 aliphatic rings. The second kappa shape index (κ2) is 3.99. The zero-order valence-corrected chi connectivity index (χ0v) is 12.1. The SMILES string of the molecule is CC(C)(C)CCC(NN)C1C(C)(C)C1(C)C. The Labute approximate surface area is 101 Å². The maximum atomic E-state index is 5.74. The molecule has 0 radical (unpaired) electrons. The van der Waals surface area contributed by atoms with Gasteiger partial charge in [0.05, 0.1) is 0 Å². The van der Waals surface area contributed by atoms with Crippen molar-refractivity contribution in [3.8, 4) is 0 Å². The van der Waals surface area contributed by atoms with Crippen LogP contribution in [0.15, 0.2) is 0 Å². The van der Waals surface area contributed by atoms with E-state index in [1.165, 1.54) is 12.8 Å². The number of rotatable bonds is 4. The van der Waals surface area contributed by atoms with E-state index in [0.717, 1.165) is 0 Å². The minimum absolute atomic E-state index is 0.401. The molecule has 0 aromatic rings. The Kier molecular flexibility index (Phi) is 3.49. The molecule has 1 unspecified atom stereocenters. The molecule has 2 nitrogen and oxygen atoms in total. The quantitative estimate of drug-likeness (QED) is 0.570. The lowest BCUT2D eigenvalue weighted by Crippen LogP contribution is -2.39. The summed E-state index contributed by atoms with van der Waals surface area (Å²) in [7, 11) is 0. The average molecular weight is 226 g/mol. The van der Waals surface area contributed by atoms with Crippen molar-refractivity contribution < 1.29 is 0 Å². The molecule has 0 aromatic carbocycles. The summed E-state index contributed by atoms with van der Waals surface area (Å²) in [5.41, 5.74) is 4.29. The third-order valence-corrected chi connectivity index (χ3v) is 4.95. The molecule has 1 saturated carbocycles. The van der Waals surface area contributed by atoms with Gasteiger partial charge in [-0.05, 0) is 35.0 Å². The van der Waals surface area contributed by atoms with Crippen LogP contribution in [0, 0.1) is 22.2 Å². The summed E-state index contributed by atoms with van der Waals surface area (Å²) in [6.45, 7) is 16.3. The number of nitrogens with one attached hydrogen (secondary N) is 1. The van der Waals surface area contributed by atoms with E-state index in [2.05, 4.69) is 53.9 Å². The lowest BCUT2D eigenvalue weighted by molar-refractivity contribution is 0.298. The van der Waals surface area contributed by atoms with E-state index in [-0.39, 0.29) is 0 Å². The van der Waals surface area contributed by atoms with Crippen molar-refractivity contribution >= 4 is 0 Å². The Balaban J connectivity index is 2.58. The van der Waals surface area contributed by atoms with Crippen molar-refractivity contribution in [1.29, 1.82) is 0 Å². The third-order valence-electron chi connectivity index (χ3n) is 4.95. The van der Waals surface area contributed by atoms with Crippen molar-refractivity contribution in [3.63, 3.8) is 0 Å². The second-order valence-electron chi connectivity index (χ2n) is 7.79. The van der Waals surface area contributed by atoms with Crippen LogP contribution < -0.4 is 11.3 Å². The van der Waals surface area contributed by atoms with Crippen LogP contribution in [-0.4, -0.2) is 6.04 Å². The van der Waals surface area contributed by atoms with Crippen molar-refractivity contribution in [2.45, 2.75) is 67.3 Å². The highest BCUT2D eigenvalue weighted by atomic mass is 15.2. The van der Waals surface area contributed by atoms with Crippen LogP contribution in [0.2, 0.25) is 0 Å². The average Bonchev–Trinajstić information content (AvgIpc) is 2.46. The second-order valence-corrected chi connectivity index (χ2v) is 7.79. The third kappa shape index (κ3) is 2.43. The fourth-order valence-corrected chi connectivity index (χ4v) is 3.19. The van der Waals surface area contributed by atoms with Crippen molar-refractivity contribution in [2.24, 2.45) is 28.0 Å². The molecule has 1 aliphatic carbocycles. The van der Waals surface area contributed by atoms with Gasteiger partial charge in [-0.25, -0.2) is 0 Å². The number of hydrogen-bond donors (Lipinski definition) is 2. The van der Waals surface area contributed by atoms with E-state index < -0.39 is 0 Å². The topological polar surface area (TPSA) is 38.0 Å². The number of hydrazine groups is 1. The molecule has 3 N–H and O–H groups in total. The largest absolute Gasteiger partial charge is 0.271 e. The molecular formula is C14H30N2. The van der Waals surface area contributed by atoms with Gasteiger partial charge in [-0.15, -0.1) is 0 Å². The molecule has 0 amide bonds. The van der Waals surface area contributed by atoms with Gasteiger partial charge in [-0.1, -0.05) is 48.5 Å². The maximum Gasteiger partial charge on any atom is 0.0249 e. The van der Waals surface area contributed by atoms with Crippen molar-refractivity contribution in [3.05, 3.63) is 0 Å². The highest BCUT2D eigenvalue weighted by Gasteiger charge is 2.66. The van der Waals surface area contributed by atoms with Crippen molar-refractivity contribution in [1.82, 2.24) is 5.43 Å². The monoisotopic (exact) mass is 226 g/mol. The molecule has 0 heterocycles. The fourth-order valence-electron chi connectivity index (χ4n) is 3.19. The highest BCUT2D eigenvalue weighted by Crippen LogP contribution is 2.70. The molecular weight excluding hydrogens is 196 g/mol. The summed E-state index contributed by atoms with van der Waals surface area (Å²) >= 11 is 0. The first-order valence-corrected chi connectivity index (χ1v) is 6.50. The molecule has 1 fully saturated rings. The van der Waals surface area contributed by atoms with E-state index >= 15 is 0 Å². The summed E-state index contributed by atoms with van der Waals surface area (Å²) in [6, 6.07) is 0.462. The molecule has 0 saturated heterocycles. The summed E-state index contributed by atoms with van der Waals surface area (Å²) < 4.78 is 0. The van der Waals surface area contributed by atoms with E-state index in [9.17, 15) is 0 Å². The standard InChI is InChI=1S/C14H30N2/c1-12(2,3)9-8-10(16-15)11-13(4,5)14(11,6)7/h10-11,16H,8-9,15H2,1-7H3. The van der Waals surface area contributed by atoms with Gasteiger partial charge < -0.3 is 0 Å². The molecule has 0 aromatic heterocycles. The summed E-state index contributed by atoms with van der Waals surface area (Å²) in [5, 5.41) is 0. The van der Waals surface area contributed by atoms with Gasteiger partial charge >= 0.3 is 0 Å². The van der Waals surface area contributed by atoms with Crippen LogP contribution in [-0.2, 0) is 0 Å². The Morgan fingerprint density at radius 2 is 1.56 bits per heavy atom. The van der Waals surface area contributed by atoms with E-state index in [4.69, 9.17) is 5.84 Å². The molecule has 1 rings (SSSR count). The summed E-state index contributed by atoms with van der Waals surface area (Å²) in [4.78, 5) is 0. The zero-order valence-electron chi connectivity index (χ0n) is 12.1. The van der Waals surface area contributed by atoms with E-state index in [1.807, 2.05) is 0 Å². The van der Waals surface area contributed by atoms with Crippen LogP contribution in [0.25, 0.3) is 0 Å². The zero-order chi connectivity index (χ0) is 12.8. The first-order chi connectivity index (χ1) is 7.04. The van der Waals surface area contributed by atoms with E-state index in [1.54, 1.807) is 0 Å². The summed E-state index contributed by atoms with van der Waals surface area (Å²) in [5.74, 6) is 6.44. The van der Waals surface area contributed by atoms with Crippen LogP contribution >= 0.6 is 0 Å². The van der Waals surface area contributed by atoms with Gasteiger partial charge in [0.15, 0.2) is 0 Å². The van der Waals surface area contributed by atoms with Crippen LogP contribution in [0.4, 0.5) is 0 Å². The number of nitrogens with two attached hydrogens (primary N) is 1. The van der Waals surface area contributed by atoms with Gasteiger partial charge in [0.1, 0.15) is 0 Å². The van der Waals surface area contributed by atoms with E-state index in [0.29, 0.717) is 28.2 Å². The van der Waals surface area contributed by atoms with Gasteiger partial charge in [-0.3, -0.25) is 11.3 Å². The predicted molar refractivity (Wildman–Crippen MR) is 70.9 cm³/mol. The smallest absolute Gasteiger partial charge is 0.0249 e. The molecule has 2 heteroatoms. The Morgan fingerprint density at radius 1 is 1.12 bits per heavy atom. The molecule has 96 valence electrons. The molecule has 0 aliphatic heterocycles. The molecule has 1 atom stereocenters. The molecule has 0 bridgehead atoms. The van der Waals surface area contributed by atoms with Gasteiger partial charge in [0.25, 0.3) is 0 Å². The normalized spacial score (nSPS) is 25.5. The maximum absolute atomic E-state index is 5.74. The van der Waals surface area contributed by atoms with Crippen LogP contribution in [0.3, 0.4) is 0 Å². The van der Waals surface area contributed by atoms with Crippen LogP contribution in [0.5, 0.6) is 0 Å². The summed E-state index contributed by atoms with van der Waals surface area (Å²) in [6.07, 6.45) is 2.40. The fraction of sp³-hybridized carbons (Fsp3) is 1.00. The highest BCUT2D eigenvalue weighted by molar-refractivity contribution is 5.16. The first kappa shape index (κ1) is 14.0.